The van der Waals surface area contributed by atoms with Crippen LogP contribution in [0.15, 0.2) is 15.9 Å². The van der Waals surface area contributed by atoms with Gasteiger partial charge in [-0.3, -0.25) is 0 Å². The fraction of sp³-hybridized carbons (Fsp3) is 0.600. The van der Waals surface area contributed by atoms with Gasteiger partial charge in [-0.2, -0.15) is 0 Å². The monoisotopic (exact) mass is 338 g/mol. The maximum Gasteiger partial charge on any atom is 0.0551 e. The quantitative estimate of drug-likeness (QED) is 0.727. The molecule has 0 aromatic carbocycles. The van der Waals surface area contributed by atoms with Gasteiger partial charge < -0.3 is 4.74 Å². The summed E-state index contributed by atoms with van der Waals surface area (Å²) in [6.45, 7) is 3.02. The maximum absolute atomic E-state index is 5.58. The van der Waals surface area contributed by atoms with Crippen molar-refractivity contribution in [2.75, 3.05) is 6.61 Å². The Morgan fingerprint density at radius 2 is 2.43 bits per heavy atom. The molecular formula is C10H12Br2OS. The minimum Gasteiger partial charge on any atom is -0.378 e. The third kappa shape index (κ3) is 2.23. The molecule has 0 N–H and O–H groups in total. The lowest BCUT2D eigenvalue weighted by molar-refractivity contribution is 0.120. The lowest BCUT2D eigenvalue weighted by Crippen LogP contribution is -2.06. The first-order valence-electron chi connectivity index (χ1n) is 4.67. The van der Waals surface area contributed by atoms with E-state index in [-0.39, 0.29) is 0 Å². The van der Waals surface area contributed by atoms with E-state index in [1.807, 2.05) is 0 Å². The van der Waals surface area contributed by atoms with Crippen molar-refractivity contribution in [3.05, 3.63) is 20.8 Å². The average Bonchev–Trinajstić information content (AvgIpc) is 2.73. The number of rotatable bonds is 2. The van der Waals surface area contributed by atoms with Gasteiger partial charge in [0.15, 0.2) is 0 Å². The molecule has 0 radical (unpaired) electrons. The fourth-order valence-electron chi connectivity index (χ4n) is 1.77. The van der Waals surface area contributed by atoms with Gasteiger partial charge in [-0.05, 0) is 40.7 Å². The highest BCUT2D eigenvalue weighted by molar-refractivity contribution is 9.11. The molecular weight excluding hydrogens is 328 g/mol. The molecule has 78 valence electrons. The third-order valence-electron chi connectivity index (χ3n) is 2.54. The standard InChI is InChI=1S/C10H12Br2OS/c1-6-4-7(5-13-6)9(12)10-8(11)2-3-14-10/h2-3,6-7,9H,4-5H2,1H3. The Morgan fingerprint density at radius 1 is 1.64 bits per heavy atom. The number of hydrogen-bond acceptors (Lipinski definition) is 2. The molecule has 3 unspecified atom stereocenters. The smallest absolute Gasteiger partial charge is 0.0551 e. The highest BCUT2D eigenvalue weighted by atomic mass is 79.9. The third-order valence-corrected chi connectivity index (χ3v) is 6.00. The van der Waals surface area contributed by atoms with Crippen molar-refractivity contribution in [3.63, 3.8) is 0 Å². The molecule has 14 heavy (non-hydrogen) atoms. The molecule has 0 saturated carbocycles. The first-order valence-corrected chi connectivity index (χ1v) is 7.26. The number of thiophene rings is 1. The number of halogens is 2. The maximum atomic E-state index is 5.58. The van der Waals surface area contributed by atoms with E-state index in [9.17, 15) is 0 Å². The Hall–Kier alpha value is 0.620. The molecule has 0 aliphatic carbocycles. The topological polar surface area (TPSA) is 9.23 Å². The van der Waals surface area contributed by atoms with Crippen molar-refractivity contribution in [1.29, 1.82) is 0 Å². The largest absolute Gasteiger partial charge is 0.378 e. The molecule has 1 aromatic heterocycles. The summed E-state index contributed by atoms with van der Waals surface area (Å²) in [5, 5.41) is 2.12. The molecule has 0 bridgehead atoms. The SMILES string of the molecule is CC1CC(C(Br)c2sccc2Br)CO1. The second kappa shape index (κ2) is 4.64. The zero-order chi connectivity index (χ0) is 10.1. The van der Waals surface area contributed by atoms with E-state index in [0.29, 0.717) is 16.8 Å². The zero-order valence-electron chi connectivity index (χ0n) is 7.87. The van der Waals surface area contributed by atoms with Gasteiger partial charge in [0.2, 0.25) is 0 Å². The van der Waals surface area contributed by atoms with E-state index in [1.165, 1.54) is 9.35 Å². The molecule has 4 heteroatoms. The van der Waals surface area contributed by atoms with Crippen molar-refractivity contribution >= 4 is 43.2 Å². The molecule has 1 nitrogen and oxygen atoms in total. The first-order chi connectivity index (χ1) is 6.68. The lowest BCUT2D eigenvalue weighted by Gasteiger charge is -2.14. The van der Waals surface area contributed by atoms with Gasteiger partial charge in [-0.25, -0.2) is 0 Å². The van der Waals surface area contributed by atoms with Crippen LogP contribution in [0.25, 0.3) is 0 Å². The molecule has 3 atom stereocenters. The zero-order valence-corrected chi connectivity index (χ0v) is 11.9. The van der Waals surface area contributed by atoms with E-state index in [2.05, 4.69) is 50.2 Å². The van der Waals surface area contributed by atoms with Crippen LogP contribution < -0.4 is 0 Å². The van der Waals surface area contributed by atoms with Gasteiger partial charge in [0.1, 0.15) is 0 Å². The van der Waals surface area contributed by atoms with Crippen LogP contribution in [0, 0.1) is 5.92 Å². The predicted octanol–water partition coefficient (Wildman–Crippen LogP) is 4.37. The summed E-state index contributed by atoms with van der Waals surface area (Å²) in [4.78, 5) is 1.81. The highest BCUT2D eigenvalue weighted by Crippen LogP contribution is 2.43. The van der Waals surface area contributed by atoms with Crippen LogP contribution in [-0.2, 0) is 4.74 Å². The van der Waals surface area contributed by atoms with E-state index in [0.717, 1.165) is 13.0 Å². The summed E-state index contributed by atoms with van der Waals surface area (Å²) in [6, 6.07) is 2.10. The van der Waals surface area contributed by atoms with Crippen LogP contribution in [0.3, 0.4) is 0 Å². The summed E-state index contributed by atoms with van der Waals surface area (Å²) in [6.07, 6.45) is 1.57. The molecule has 1 aromatic rings. The Morgan fingerprint density at radius 3 is 2.93 bits per heavy atom. The van der Waals surface area contributed by atoms with Crippen LogP contribution in [0.1, 0.15) is 23.0 Å². The molecule has 2 heterocycles. The summed E-state index contributed by atoms with van der Waals surface area (Å²) < 4.78 is 6.80. The van der Waals surface area contributed by atoms with Crippen LogP contribution in [0.5, 0.6) is 0 Å². The molecule has 0 spiro atoms. The van der Waals surface area contributed by atoms with E-state index >= 15 is 0 Å². The van der Waals surface area contributed by atoms with Crippen LogP contribution in [0.2, 0.25) is 0 Å². The summed E-state index contributed by atoms with van der Waals surface area (Å²) in [5.41, 5.74) is 0. The van der Waals surface area contributed by atoms with Crippen molar-refractivity contribution in [3.8, 4) is 0 Å². The van der Waals surface area contributed by atoms with Crippen molar-refractivity contribution in [1.82, 2.24) is 0 Å². The second-order valence-corrected chi connectivity index (χ2v) is 6.46. The molecule has 1 saturated heterocycles. The van der Waals surface area contributed by atoms with Crippen molar-refractivity contribution in [2.24, 2.45) is 5.92 Å². The Labute approximate surface area is 105 Å². The van der Waals surface area contributed by atoms with Gasteiger partial charge in [0, 0.05) is 15.3 Å². The minimum absolute atomic E-state index is 0.416. The predicted molar refractivity (Wildman–Crippen MR) is 67.2 cm³/mol. The van der Waals surface area contributed by atoms with E-state index in [1.54, 1.807) is 11.3 Å². The van der Waals surface area contributed by atoms with Crippen LogP contribution >= 0.6 is 43.2 Å². The van der Waals surface area contributed by atoms with Crippen LogP contribution in [0.4, 0.5) is 0 Å². The fourth-order valence-corrected chi connectivity index (χ4v) is 4.70. The number of ether oxygens (including phenoxy) is 1. The minimum atomic E-state index is 0.416. The van der Waals surface area contributed by atoms with Gasteiger partial charge in [0.05, 0.1) is 17.5 Å². The summed E-state index contributed by atoms with van der Waals surface area (Å²) in [5.74, 6) is 0.611. The van der Waals surface area contributed by atoms with Gasteiger partial charge in [-0.1, -0.05) is 15.9 Å². The number of alkyl halides is 1. The number of hydrogen-bond donors (Lipinski definition) is 0. The van der Waals surface area contributed by atoms with Gasteiger partial charge in [-0.15, -0.1) is 11.3 Å². The van der Waals surface area contributed by atoms with E-state index < -0.39 is 0 Å². The molecule has 1 fully saturated rings. The second-order valence-electron chi connectivity index (χ2n) is 3.67. The summed E-state index contributed by atoms with van der Waals surface area (Å²) >= 11 is 9.14. The average molecular weight is 340 g/mol. The van der Waals surface area contributed by atoms with Gasteiger partial charge >= 0.3 is 0 Å². The Bertz CT molecular complexity index is 313. The summed E-state index contributed by atoms with van der Waals surface area (Å²) in [7, 11) is 0. The van der Waals surface area contributed by atoms with Crippen LogP contribution in [-0.4, -0.2) is 12.7 Å². The molecule has 1 aliphatic heterocycles. The van der Waals surface area contributed by atoms with Crippen molar-refractivity contribution < 1.29 is 4.74 Å². The van der Waals surface area contributed by atoms with Gasteiger partial charge in [0.25, 0.3) is 0 Å². The first kappa shape index (κ1) is 11.1. The van der Waals surface area contributed by atoms with E-state index in [4.69, 9.17) is 4.74 Å². The molecule has 2 rings (SSSR count). The lowest BCUT2D eigenvalue weighted by atomic mass is 10.0. The Balaban J connectivity index is 2.09. The Kier molecular flexibility index (Phi) is 3.68. The highest BCUT2D eigenvalue weighted by Gasteiger charge is 2.30. The normalized spacial score (nSPS) is 29.4. The molecule has 0 amide bonds. The van der Waals surface area contributed by atoms with Crippen molar-refractivity contribution in [2.45, 2.75) is 24.3 Å². The molecule has 1 aliphatic rings.